The number of ether oxygens (including phenoxy) is 1. The van der Waals surface area contributed by atoms with Crippen LogP contribution in [0.1, 0.15) is 6.92 Å². The monoisotopic (exact) mass is 184 g/mol. The first-order valence-electron chi connectivity index (χ1n) is 4.08. The second-order valence-corrected chi connectivity index (χ2v) is 2.47. The maximum absolute atomic E-state index is 11.1. The van der Waals surface area contributed by atoms with Gasteiger partial charge >= 0.3 is 0 Å². The van der Waals surface area contributed by atoms with Crippen LogP contribution in [-0.2, 0) is 11.3 Å². The lowest BCUT2D eigenvalue weighted by atomic mass is 10.5. The summed E-state index contributed by atoms with van der Waals surface area (Å²) in [5.41, 5.74) is -0.320. The van der Waals surface area contributed by atoms with Crippen molar-refractivity contribution in [3.8, 4) is 5.75 Å². The molecule has 0 saturated heterocycles. The maximum Gasteiger partial charge on any atom is 0.270 e. The lowest BCUT2D eigenvalue weighted by molar-refractivity contribution is 0.135. The first-order chi connectivity index (χ1) is 6.24. The van der Waals surface area contributed by atoms with Crippen molar-refractivity contribution in [2.45, 2.75) is 13.5 Å². The third-order valence-corrected chi connectivity index (χ3v) is 1.51. The molecule has 1 aromatic rings. The molecule has 5 heteroatoms. The van der Waals surface area contributed by atoms with Crippen LogP contribution in [0.25, 0.3) is 0 Å². The van der Waals surface area contributed by atoms with Gasteiger partial charge in [0.15, 0.2) is 0 Å². The van der Waals surface area contributed by atoms with Crippen molar-refractivity contribution < 1.29 is 9.84 Å². The van der Waals surface area contributed by atoms with Crippen molar-refractivity contribution in [1.82, 2.24) is 9.78 Å². The molecule has 0 bridgehead atoms. The van der Waals surface area contributed by atoms with Crippen molar-refractivity contribution in [1.29, 1.82) is 0 Å². The van der Waals surface area contributed by atoms with E-state index in [1.54, 1.807) is 0 Å². The summed E-state index contributed by atoms with van der Waals surface area (Å²) in [4.78, 5) is 11.1. The van der Waals surface area contributed by atoms with Gasteiger partial charge in [0.05, 0.1) is 19.3 Å². The van der Waals surface area contributed by atoms with Crippen LogP contribution in [0.4, 0.5) is 0 Å². The highest BCUT2D eigenvalue weighted by atomic mass is 16.5. The fraction of sp³-hybridized carbons (Fsp3) is 0.500. The van der Waals surface area contributed by atoms with E-state index in [2.05, 4.69) is 5.10 Å². The lowest BCUT2D eigenvalue weighted by Gasteiger charge is -2.03. The zero-order valence-electron chi connectivity index (χ0n) is 7.43. The molecule has 0 saturated carbocycles. The van der Waals surface area contributed by atoms with Gasteiger partial charge in [0.1, 0.15) is 5.75 Å². The average molecular weight is 184 g/mol. The van der Waals surface area contributed by atoms with Gasteiger partial charge < -0.3 is 9.84 Å². The number of hydrogen-bond acceptors (Lipinski definition) is 4. The predicted octanol–water partition coefficient (Wildman–Crippen LogP) is -0.0146. The summed E-state index contributed by atoms with van der Waals surface area (Å²) in [6, 6.07) is 1.12. The predicted molar refractivity (Wildman–Crippen MR) is 46.7 cm³/mol. The molecular weight excluding hydrogens is 172 g/mol. The van der Waals surface area contributed by atoms with Crippen LogP contribution in [0.15, 0.2) is 17.1 Å². The summed E-state index contributed by atoms with van der Waals surface area (Å²) in [5.74, 6) is -0.113. The Morgan fingerprint density at radius 3 is 3.08 bits per heavy atom. The summed E-state index contributed by atoms with van der Waals surface area (Å²) < 4.78 is 6.31. The molecule has 1 rings (SSSR count). The minimum atomic E-state index is -0.320. The minimum Gasteiger partial charge on any atom is -0.506 e. The molecule has 0 spiro atoms. The molecule has 0 radical (unpaired) electrons. The van der Waals surface area contributed by atoms with Crippen molar-refractivity contribution in [2.75, 3.05) is 13.2 Å². The zero-order valence-corrected chi connectivity index (χ0v) is 7.43. The molecule has 0 aliphatic carbocycles. The molecule has 1 heterocycles. The van der Waals surface area contributed by atoms with Crippen molar-refractivity contribution in [2.24, 2.45) is 0 Å². The summed E-state index contributed by atoms with van der Waals surface area (Å²) in [6.45, 7) is 3.36. The smallest absolute Gasteiger partial charge is 0.270 e. The molecule has 13 heavy (non-hydrogen) atoms. The Kier molecular flexibility index (Phi) is 3.45. The molecule has 5 nitrogen and oxygen atoms in total. The second kappa shape index (κ2) is 4.61. The maximum atomic E-state index is 11.1. The largest absolute Gasteiger partial charge is 0.506 e. The van der Waals surface area contributed by atoms with Gasteiger partial charge in [-0.1, -0.05) is 0 Å². The molecule has 0 atom stereocenters. The normalized spacial score (nSPS) is 10.2. The number of hydrogen-bond donors (Lipinski definition) is 1. The van der Waals surface area contributed by atoms with Crippen molar-refractivity contribution in [3.05, 3.63) is 22.6 Å². The van der Waals surface area contributed by atoms with E-state index in [9.17, 15) is 4.79 Å². The lowest BCUT2D eigenvalue weighted by Crippen LogP contribution is -2.23. The molecule has 0 unspecified atom stereocenters. The first kappa shape index (κ1) is 9.73. The standard InChI is InChI=1S/C8H12N2O3/c1-2-13-4-3-10-8(12)5-7(11)6-9-10/h5-6,11H,2-4H2,1H3. The van der Waals surface area contributed by atoms with Gasteiger partial charge in [-0.05, 0) is 6.92 Å². The molecule has 1 N–H and O–H groups in total. The van der Waals surface area contributed by atoms with E-state index in [0.29, 0.717) is 19.8 Å². The zero-order chi connectivity index (χ0) is 9.68. The van der Waals surface area contributed by atoms with Crippen molar-refractivity contribution in [3.63, 3.8) is 0 Å². The molecule has 0 aliphatic rings. The topological polar surface area (TPSA) is 64.3 Å². The quantitative estimate of drug-likeness (QED) is 0.668. The summed E-state index contributed by atoms with van der Waals surface area (Å²) in [6.07, 6.45) is 1.23. The van der Waals surface area contributed by atoms with Crippen LogP contribution >= 0.6 is 0 Å². The van der Waals surface area contributed by atoms with Gasteiger partial charge in [-0.25, -0.2) is 4.68 Å². The Bertz CT molecular complexity index is 321. The fourth-order valence-electron chi connectivity index (χ4n) is 0.887. The van der Waals surface area contributed by atoms with Gasteiger partial charge in [0.25, 0.3) is 5.56 Å². The molecule has 72 valence electrons. The van der Waals surface area contributed by atoms with E-state index in [1.165, 1.54) is 10.9 Å². The van der Waals surface area contributed by atoms with E-state index >= 15 is 0 Å². The van der Waals surface area contributed by atoms with Gasteiger partial charge in [0, 0.05) is 12.7 Å². The molecule has 0 aromatic carbocycles. The van der Waals surface area contributed by atoms with E-state index < -0.39 is 0 Å². The molecule has 0 fully saturated rings. The number of aromatic nitrogens is 2. The SMILES string of the molecule is CCOCCn1ncc(O)cc1=O. The Labute approximate surface area is 75.6 Å². The van der Waals surface area contributed by atoms with E-state index in [-0.39, 0.29) is 11.3 Å². The van der Waals surface area contributed by atoms with Crippen LogP contribution < -0.4 is 5.56 Å². The molecule has 0 amide bonds. The first-order valence-corrected chi connectivity index (χ1v) is 4.08. The third-order valence-electron chi connectivity index (χ3n) is 1.51. The molecule has 1 aromatic heterocycles. The summed E-state index contributed by atoms with van der Waals surface area (Å²) in [7, 11) is 0. The Morgan fingerprint density at radius 2 is 2.46 bits per heavy atom. The van der Waals surface area contributed by atoms with Gasteiger partial charge in [-0.3, -0.25) is 4.79 Å². The van der Waals surface area contributed by atoms with Crippen LogP contribution in [0.5, 0.6) is 5.75 Å². The van der Waals surface area contributed by atoms with Crippen LogP contribution in [-0.4, -0.2) is 28.1 Å². The summed E-state index contributed by atoms with van der Waals surface area (Å²) in [5, 5.41) is 12.6. The molecular formula is C8H12N2O3. The van der Waals surface area contributed by atoms with Crippen LogP contribution in [0.2, 0.25) is 0 Å². The van der Waals surface area contributed by atoms with Gasteiger partial charge in [-0.2, -0.15) is 5.10 Å². The number of rotatable bonds is 4. The van der Waals surface area contributed by atoms with Crippen LogP contribution in [0, 0.1) is 0 Å². The highest BCUT2D eigenvalue weighted by Crippen LogP contribution is 1.97. The van der Waals surface area contributed by atoms with E-state index in [1.807, 2.05) is 6.92 Å². The highest BCUT2D eigenvalue weighted by molar-refractivity contribution is 5.10. The van der Waals surface area contributed by atoms with Crippen LogP contribution in [0.3, 0.4) is 0 Å². The summed E-state index contributed by atoms with van der Waals surface area (Å²) >= 11 is 0. The van der Waals surface area contributed by atoms with Gasteiger partial charge in [0.2, 0.25) is 0 Å². The Hall–Kier alpha value is -1.36. The number of aromatic hydroxyl groups is 1. The van der Waals surface area contributed by atoms with Crippen molar-refractivity contribution >= 4 is 0 Å². The highest BCUT2D eigenvalue weighted by Gasteiger charge is 1.97. The minimum absolute atomic E-state index is 0.113. The van der Waals surface area contributed by atoms with Gasteiger partial charge in [-0.15, -0.1) is 0 Å². The number of nitrogens with zero attached hydrogens (tertiary/aromatic N) is 2. The fourth-order valence-corrected chi connectivity index (χ4v) is 0.887. The Balaban J connectivity index is 2.62. The molecule has 0 aliphatic heterocycles. The van der Waals surface area contributed by atoms with E-state index in [4.69, 9.17) is 9.84 Å². The third kappa shape index (κ3) is 2.87. The van der Waals surface area contributed by atoms with E-state index in [0.717, 1.165) is 6.07 Å². The average Bonchev–Trinajstić information content (AvgIpc) is 2.09. The Morgan fingerprint density at radius 1 is 1.69 bits per heavy atom. The second-order valence-electron chi connectivity index (χ2n) is 2.47.